The van der Waals surface area contributed by atoms with E-state index in [1.54, 1.807) is 18.2 Å². The van der Waals surface area contributed by atoms with Gasteiger partial charge in [-0.3, -0.25) is 14.6 Å². The molecule has 2 aliphatic heterocycles. The van der Waals surface area contributed by atoms with Gasteiger partial charge in [0.25, 0.3) is 0 Å². The van der Waals surface area contributed by atoms with Gasteiger partial charge in [-0.1, -0.05) is 44.2 Å². The van der Waals surface area contributed by atoms with E-state index in [1.165, 1.54) is 24.3 Å². The Kier molecular flexibility index (Phi) is 8.13. The van der Waals surface area contributed by atoms with Crippen LogP contribution in [0.25, 0.3) is 0 Å². The number of ether oxygens (including phenoxy) is 1. The molecule has 44 heavy (non-hydrogen) atoms. The minimum Gasteiger partial charge on any atom is -0.496 e. The molecule has 2 saturated heterocycles. The van der Waals surface area contributed by atoms with Gasteiger partial charge in [0.2, 0.25) is 5.91 Å². The molecular formula is C35H41F3N4O2. The SMILES string of the molecule is COc1cc(CN2CCN(C3CC4(C3)CN(c3ccc(C(N)=O)cc3)C4)[C@H](c3ccccc3C(C)C)C2)ccc1C(F)(F)F. The van der Waals surface area contributed by atoms with Crippen molar-refractivity contribution in [1.82, 2.24) is 9.80 Å². The van der Waals surface area contributed by atoms with Gasteiger partial charge in [-0.25, -0.2) is 0 Å². The number of primary amides is 1. The zero-order valence-corrected chi connectivity index (χ0v) is 25.6. The number of amides is 1. The Labute approximate surface area is 257 Å². The molecule has 3 aromatic rings. The van der Waals surface area contributed by atoms with Gasteiger partial charge in [0, 0.05) is 68.0 Å². The second-order valence-corrected chi connectivity index (χ2v) is 13.1. The van der Waals surface area contributed by atoms with Crippen LogP contribution in [0, 0.1) is 5.41 Å². The summed E-state index contributed by atoms with van der Waals surface area (Å²) in [5.41, 5.74) is 10.2. The molecule has 6 rings (SSSR count). The maximum atomic E-state index is 13.4. The average molecular weight is 607 g/mol. The van der Waals surface area contributed by atoms with Gasteiger partial charge in [0.15, 0.2) is 0 Å². The lowest BCUT2D eigenvalue weighted by Gasteiger charge is -2.63. The quantitative estimate of drug-likeness (QED) is 0.319. The summed E-state index contributed by atoms with van der Waals surface area (Å²) in [6.45, 7) is 9.64. The molecule has 1 atom stereocenters. The van der Waals surface area contributed by atoms with Crippen LogP contribution >= 0.6 is 0 Å². The van der Waals surface area contributed by atoms with Crippen molar-refractivity contribution in [3.8, 4) is 5.75 Å². The Balaban J connectivity index is 1.16. The van der Waals surface area contributed by atoms with E-state index in [1.807, 2.05) is 12.1 Å². The van der Waals surface area contributed by atoms with Crippen molar-refractivity contribution in [2.24, 2.45) is 11.1 Å². The minimum atomic E-state index is -4.45. The summed E-state index contributed by atoms with van der Waals surface area (Å²) >= 11 is 0. The molecule has 0 aromatic heterocycles. The fourth-order valence-electron chi connectivity index (χ4n) is 7.59. The molecule has 9 heteroatoms. The highest BCUT2D eigenvalue weighted by atomic mass is 19.4. The number of methoxy groups -OCH3 is 1. The lowest BCUT2D eigenvalue weighted by Crippen LogP contribution is -2.68. The van der Waals surface area contributed by atoms with Crippen molar-refractivity contribution in [3.63, 3.8) is 0 Å². The number of alkyl halides is 3. The lowest BCUT2D eigenvalue weighted by atomic mass is 9.59. The first kappa shape index (κ1) is 30.5. The van der Waals surface area contributed by atoms with Crippen molar-refractivity contribution < 1.29 is 22.7 Å². The van der Waals surface area contributed by atoms with E-state index in [0.717, 1.165) is 62.9 Å². The van der Waals surface area contributed by atoms with Gasteiger partial charge in [-0.05, 0) is 71.8 Å². The van der Waals surface area contributed by atoms with Crippen LogP contribution in [0.2, 0.25) is 0 Å². The molecule has 2 N–H and O–H groups in total. The fourth-order valence-corrected chi connectivity index (χ4v) is 7.59. The van der Waals surface area contributed by atoms with E-state index in [2.05, 4.69) is 52.8 Å². The second-order valence-electron chi connectivity index (χ2n) is 13.1. The number of carbonyl (C=O) groups is 1. The van der Waals surface area contributed by atoms with Gasteiger partial charge in [-0.15, -0.1) is 0 Å². The molecule has 0 bridgehead atoms. The Morgan fingerprint density at radius 2 is 1.73 bits per heavy atom. The molecule has 0 unspecified atom stereocenters. The average Bonchev–Trinajstić information content (AvgIpc) is 2.95. The predicted molar refractivity (Wildman–Crippen MR) is 166 cm³/mol. The van der Waals surface area contributed by atoms with Crippen LogP contribution in [0.1, 0.15) is 71.3 Å². The zero-order valence-electron chi connectivity index (χ0n) is 25.6. The molecule has 3 aliphatic rings. The number of hydrogen-bond acceptors (Lipinski definition) is 5. The van der Waals surface area contributed by atoms with E-state index in [-0.39, 0.29) is 11.8 Å². The van der Waals surface area contributed by atoms with Crippen molar-refractivity contribution in [1.29, 1.82) is 0 Å². The number of benzene rings is 3. The largest absolute Gasteiger partial charge is 0.496 e. The number of piperazine rings is 1. The zero-order chi connectivity index (χ0) is 31.2. The molecule has 3 aromatic carbocycles. The molecule has 6 nitrogen and oxygen atoms in total. The van der Waals surface area contributed by atoms with Crippen molar-refractivity contribution in [2.75, 3.05) is 44.7 Å². The summed E-state index contributed by atoms with van der Waals surface area (Å²) in [6.07, 6.45) is -2.15. The molecule has 3 fully saturated rings. The smallest absolute Gasteiger partial charge is 0.419 e. The molecule has 234 valence electrons. The molecular weight excluding hydrogens is 565 g/mol. The molecule has 1 amide bonds. The Morgan fingerprint density at radius 3 is 2.36 bits per heavy atom. The highest BCUT2D eigenvalue weighted by Gasteiger charge is 2.55. The monoisotopic (exact) mass is 606 g/mol. The highest BCUT2D eigenvalue weighted by Crippen LogP contribution is 2.53. The van der Waals surface area contributed by atoms with E-state index in [9.17, 15) is 18.0 Å². The molecule has 2 heterocycles. The first-order valence-electron chi connectivity index (χ1n) is 15.4. The molecule has 1 saturated carbocycles. The topological polar surface area (TPSA) is 62.0 Å². The van der Waals surface area contributed by atoms with E-state index in [4.69, 9.17) is 10.5 Å². The van der Waals surface area contributed by atoms with E-state index >= 15 is 0 Å². The number of anilines is 1. The molecule has 1 spiro atoms. The van der Waals surface area contributed by atoms with Crippen LogP contribution in [0.4, 0.5) is 18.9 Å². The molecule has 0 radical (unpaired) electrons. The van der Waals surface area contributed by atoms with Crippen LogP contribution < -0.4 is 15.4 Å². The van der Waals surface area contributed by atoms with Crippen LogP contribution in [0.3, 0.4) is 0 Å². The van der Waals surface area contributed by atoms with Gasteiger partial charge < -0.3 is 15.4 Å². The summed E-state index contributed by atoms with van der Waals surface area (Å²) in [6, 6.07) is 21.2. The first-order chi connectivity index (χ1) is 21.0. The second kappa shape index (κ2) is 11.7. The van der Waals surface area contributed by atoms with Gasteiger partial charge in [0.05, 0.1) is 12.7 Å². The highest BCUT2D eigenvalue weighted by molar-refractivity contribution is 5.93. The maximum absolute atomic E-state index is 13.4. The number of hydrogen-bond donors (Lipinski definition) is 1. The van der Waals surface area contributed by atoms with Crippen LogP contribution in [0.15, 0.2) is 66.7 Å². The number of carbonyl (C=O) groups excluding carboxylic acids is 1. The van der Waals surface area contributed by atoms with Crippen LogP contribution in [-0.4, -0.2) is 61.6 Å². The third-order valence-electron chi connectivity index (χ3n) is 9.84. The standard InChI is InChI=1S/C35H41F3N4O2/c1-23(2)28-6-4-5-7-29(28)31-20-40(19-24-8-13-30(35(36,37)38)32(16-24)44-3)14-15-42(31)27-17-34(18-27)21-41(22-34)26-11-9-25(10-12-26)33(39)43/h4-13,16,23,27,31H,14-15,17-22H2,1-3H3,(H2,39,43)/t31-/m0/s1. The van der Waals surface area contributed by atoms with Gasteiger partial charge in [0.1, 0.15) is 5.75 Å². The van der Waals surface area contributed by atoms with E-state index in [0.29, 0.717) is 29.5 Å². The number of nitrogens with zero attached hydrogens (tertiary/aromatic N) is 3. The molecule has 1 aliphatic carbocycles. The summed E-state index contributed by atoms with van der Waals surface area (Å²) in [4.78, 5) is 18.9. The Bertz CT molecular complexity index is 1490. The fraction of sp³-hybridized carbons (Fsp3) is 0.457. The minimum absolute atomic E-state index is 0.131. The lowest BCUT2D eigenvalue weighted by molar-refractivity contribution is -0.138. The summed E-state index contributed by atoms with van der Waals surface area (Å²) in [7, 11) is 1.29. The van der Waals surface area contributed by atoms with Crippen LogP contribution in [-0.2, 0) is 12.7 Å². The third kappa shape index (κ3) is 5.92. The summed E-state index contributed by atoms with van der Waals surface area (Å²) < 4.78 is 45.5. The Hall–Kier alpha value is -3.56. The number of halogens is 3. The maximum Gasteiger partial charge on any atom is 0.419 e. The Morgan fingerprint density at radius 1 is 1.02 bits per heavy atom. The summed E-state index contributed by atoms with van der Waals surface area (Å²) in [5.74, 6) is -0.156. The number of rotatable bonds is 8. The van der Waals surface area contributed by atoms with Crippen molar-refractivity contribution in [3.05, 3.63) is 94.5 Å². The predicted octanol–water partition coefficient (Wildman–Crippen LogP) is 6.46. The van der Waals surface area contributed by atoms with Crippen molar-refractivity contribution in [2.45, 2.75) is 57.4 Å². The summed E-state index contributed by atoms with van der Waals surface area (Å²) in [5, 5.41) is 0. The van der Waals surface area contributed by atoms with Crippen molar-refractivity contribution >= 4 is 11.6 Å². The van der Waals surface area contributed by atoms with E-state index < -0.39 is 17.6 Å². The van der Waals surface area contributed by atoms with Crippen LogP contribution in [0.5, 0.6) is 5.75 Å². The number of nitrogens with two attached hydrogens (primary N) is 1. The van der Waals surface area contributed by atoms with Gasteiger partial charge >= 0.3 is 6.18 Å². The van der Waals surface area contributed by atoms with Gasteiger partial charge in [-0.2, -0.15) is 13.2 Å². The first-order valence-corrected chi connectivity index (χ1v) is 15.4. The normalized spacial score (nSPS) is 20.9. The third-order valence-corrected chi connectivity index (χ3v) is 9.84.